The van der Waals surface area contributed by atoms with Crippen molar-refractivity contribution in [3.63, 3.8) is 0 Å². The lowest BCUT2D eigenvalue weighted by Crippen LogP contribution is -2.31. The smallest absolute Gasteiger partial charge is 0.212 e. The first kappa shape index (κ1) is 19.2. The number of aryl methyl sites for hydroxylation is 1. The molecule has 0 N–H and O–H groups in total. The van der Waals surface area contributed by atoms with Crippen molar-refractivity contribution in [2.45, 2.75) is 26.1 Å². The van der Waals surface area contributed by atoms with Gasteiger partial charge in [0.2, 0.25) is 11.6 Å². The molecular formula is C23H22N4O4. The van der Waals surface area contributed by atoms with E-state index in [-0.39, 0.29) is 12.2 Å². The van der Waals surface area contributed by atoms with Crippen molar-refractivity contribution in [3.05, 3.63) is 60.2 Å². The van der Waals surface area contributed by atoms with E-state index in [4.69, 9.17) is 18.9 Å². The van der Waals surface area contributed by atoms with Crippen molar-refractivity contribution in [1.82, 2.24) is 19.5 Å². The molecule has 4 aromatic rings. The number of benzene rings is 1. The van der Waals surface area contributed by atoms with Gasteiger partial charge in [-0.25, -0.2) is 15.0 Å². The molecule has 0 saturated carbocycles. The van der Waals surface area contributed by atoms with Crippen LogP contribution in [-0.4, -0.2) is 39.8 Å². The molecule has 1 aliphatic heterocycles. The van der Waals surface area contributed by atoms with Crippen LogP contribution in [0.2, 0.25) is 0 Å². The van der Waals surface area contributed by atoms with E-state index < -0.39 is 0 Å². The molecule has 3 aromatic heterocycles. The third-order valence-electron chi connectivity index (χ3n) is 5.35. The van der Waals surface area contributed by atoms with E-state index >= 15 is 0 Å². The minimum atomic E-state index is -0.330. The lowest BCUT2D eigenvalue weighted by molar-refractivity contribution is 0.0278. The van der Waals surface area contributed by atoms with Gasteiger partial charge >= 0.3 is 0 Å². The second-order valence-electron chi connectivity index (χ2n) is 7.31. The summed E-state index contributed by atoms with van der Waals surface area (Å²) in [5.41, 5.74) is 3.34. The summed E-state index contributed by atoms with van der Waals surface area (Å²) in [4.78, 5) is 13.4. The molecular weight excluding hydrogens is 396 g/mol. The summed E-state index contributed by atoms with van der Waals surface area (Å²) in [6.07, 6.45) is 2.93. The average molecular weight is 418 g/mol. The Morgan fingerprint density at radius 2 is 1.90 bits per heavy atom. The molecule has 31 heavy (non-hydrogen) atoms. The summed E-state index contributed by atoms with van der Waals surface area (Å²) in [7, 11) is 3.20. The van der Waals surface area contributed by atoms with E-state index in [0.717, 1.165) is 28.2 Å². The van der Waals surface area contributed by atoms with Crippen LogP contribution in [0.3, 0.4) is 0 Å². The summed E-state index contributed by atoms with van der Waals surface area (Å²) >= 11 is 0. The highest BCUT2D eigenvalue weighted by atomic mass is 16.6. The first-order valence-corrected chi connectivity index (χ1v) is 9.94. The molecule has 0 aliphatic carbocycles. The van der Waals surface area contributed by atoms with Gasteiger partial charge in [-0.3, -0.25) is 4.57 Å². The fourth-order valence-corrected chi connectivity index (χ4v) is 3.89. The largest absolute Gasteiger partial charge is 0.493 e. The Labute approximate surface area is 179 Å². The lowest BCUT2D eigenvalue weighted by Gasteiger charge is -2.33. The zero-order valence-electron chi connectivity index (χ0n) is 17.7. The standard InChI is InChI=1S/C23H22N4O4/c1-13-21(15-7-8-20(29-4)25-12-15)31-22-18(28-3)10-16(11-19(22)30-13)27-14(2)26-17-6-5-9-24-23(17)27/h5-13,21H,1-4H3/t13-,21+/m1/s1. The van der Waals surface area contributed by atoms with Crippen LogP contribution in [-0.2, 0) is 0 Å². The predicted octanol–water partition coefficient (Wildman–Crippen LogP) is 4.04. The number of ether oxygens (including phenoxy) is 4. The van der Waals surface area contributed by atoms with Crippen molar-refractivity contribution < 1.29 is 18.9 Å². The number of hydrogen-bond acceptors (Lipinski definition) is 7. The van der Waals surface area contributed by atoms with Gasteiger partial charge in [-0.1, -0.05) is 0 Å². The highest BCUT2D eigenvalue weighted by Gasteiger charge is 2.33. The molecule has 4 heterocycles. The average Bonchev–Trinajstić information content (AvgIpc) is 3.13. The summed E-state index contributed by atoms with van der Waals surface area (Å²) in [5, 5.41) is 0. The van der Waals surface area contributed by atoms with E-state index in [0.29, 0.717) is 23.1 Å². The zero-order chi connectivity index (χ0) is 21.5. The Kier molecular flexibility index (Phi) is 4.62. The second kappa shape index (κ2) is 7.46. The Hall–Kier alpha value is -3.81. The van der Waals surface area contributed by atoms with E-state index in [1.807, 2.05) is 48.7 Å². The maximum atomic E-state index is 6.34. The van der Waals surface area contributed by atoms with Crippen LogP contribution in [0.1, 0.15) is 24.4 Å². The van der Waals surface area contributed by atoms with Crippen LogP contribution < -0.4 is 18.9 Å². The molecule has 0 bridgehead atoms. The zero-order valence-corrected chi connectivity index (χ0v) is 17.7. The lowest BCUT2D eigenvalue weighted by atomic mass is 10.1. The summed E-state index contributed by atoms with van der Waals surface area (Å²) in [6, 6.07) is 11.4. The first-order chi connectivity index (χ1) is 15.1. The number of hydrogen-bond donors (Lipinski definition) is 0. The van der Waals surface area contributed by atoms with Gasteiger partial charge in [-0.15, -0.1) is 0 Å². The molecule has 5 rings (SSSR count). The van der Waals surface area contributed by atoms with Gasteiger partial charge in [0, 0.05) is 36.2 Å². The van der Waals surface area contributed by atoms with Gasteiger partial charge in [0.15, 0.2) is 23.3 Å². The van der Waals surface area contributed by atoms with Gasteiger partial charge in [-0.05, 0) is 32.0 Å². The van der Waals surface area contributed by atoms with Crippen LogP contribution in [0.5, 0.6) is 23.1 Å². The molecule has 0 fully saturated rings. The fraction of sp³-hybridized carbons (Fsp3) is 0.261. The molecule has 1 aliphatic rings. The van der Waals surface area contributed by atoms with E-state index in [1.165, 1.54) is 0 Å². The number of pyridine rings is 2. The molecule has 1 aromatic carbocycles. The molecule has 2 atom stereocenters. The van der Waals surface area contributed by atoms with Crippen LogP contribution in [0.15, 0.2) is 48.8 Å². The first-order valence-electron chi connectivity index (χ1n) is 9.94. The van der Waals surface area contributed by atoms with Crippen molar-refractivity contribution in [2.75, 3.05) is 14.2 Å². The number of fused-ring (bicyclic) bond motifs is 2. The summed E-state index contributed by atoms with van der Waals surface area (Å²) < 4.78 is 25.4. The highest BCUT2D eigenvalue weighted by molar-refractivity contribution is 5.74. The number of aromatic nitrogens is 4. The van der Waals surface area contributed by atoms with Gasteiger partial charge in [0.05, 0.1) is 19.9 Å². The number of methoxy groups -OCH3 is 2. The third-order valence-corrected chi connectivity index (χ3v) is 5.35. The molecule has 0 unspecified atom stereocenters. The molecule has 0 saturated heterocycles. The Bertz CT molecular complexity index is 1250. The SMILES string of the molecule is COc1ccc([C@H]2Oc3c(OC)cc(-n4c(C)nc5cccnc54)cc3O[C@@H]2C)cn1. The van der Waals surface area contributed by atoms with Crippen LogP contribution in [0.25, 0.3) is 16.9 Å². The molecule has 0 amide bonds. The number of nitrogens with zero attached hydrogens (tertiary/aromatic N) is 4. The Balaban J connectivity index is 1.57. The van der Waals surface area contributed by atoms with Crippen LogP contribution in [0.4, 0.5) is 0 Å². The fourth-order valence-electron chi connectivity index (χ4n) is 3.89. The summed E-state index contributed by atoms with van der Waals surface area (Å²) in [6.45, 7) is 3.91. The maximum Gasteiger partial charge on any atom is 0.212 e. The minimum Gasteiger partial charge on any atom is -0.493 e. The van der Waals surface area contributed by atoms with Gasteiger partial charge in [0.25, 0.3) is 0 Å². The topological polar surface area (TPSA) is 80.5 Å². The van der Waals surface area contributed by atoms with Crippen molar-refractivity contribution in [1.29, 1.82) is 0 Å². The Morgan fingerprint density at radius 1 is 1.03 bits per heavy atom. The van der Waals surface area contributed by atoms with Crippen molar-refractivity contribution in [2.24, 2.45) is 0 Å². The van der Waals surface area contributed by atoms with Crippen LogP contribution >= 0.6 is 0 Å². The monoisotopic (exact) mass is 418 g/mol. The quantitative estimate of drug-likeness (QED) is 0.495. The maximum absolute atomic E-state index is 6.34. The van der Waals surface area contributed by atoms with Crippen molar-refractivity contribution in [3.8, 4) is 28.8 Å². The van der Waals surface area contributed by atoms with Gasteiger partial charge < -0.3 is 18.9 Å². The van der Waals surface area contributed by atoms with Crippen molar-refractivity contribution >= 4 is 11.2 Å². The molecule has 158 valence electrons. The highest BCUT2D eigenvalue weighted by Crippen LogP contribution is 2.47. The van der Waals surface area contributed by atoms with Crippen LogP contribution in [0, 0.1) is 6.92 Å². The predicted molar refractivity (Wildman–Crippen MR) is 114 cm³/mol. The molecule has 8 nitrogen and oxygen atoms in total. The Morgan fingerprint density at radius 3 is 2.65 bits per heavy atom. The summed E-state index contributed by atoms with van der Waals surface area (Å²) in [5.74, 6) is 3.11. The van der Waals surface area contributed by atoms with E-state index in [2.05, 4.69) is 15.0 Å². The number of rotatable bonds is 4. The molecule has 0 spiro atoms. The molecule has 0 radical (unpaired) electrons. The molecule has 8 heteroatoms. The van der Waals surface area contributed by atoms with Gasteiger partial charge in [-0.2, -0.15) is 0 Å². The minimum absolute atomic E-state index is 0.235. The third kappa shape index (κ3) is 3.20. The van der Waals surface area contributed by atoms with E-state index in [9.17, 15) is 0 Å². The van der Waals surface area contributed by atoms with Gasteiger partial charge in [0.1, 0.15) is 17.4 Å². The van der Waals surface area contributed by atoms with E-state index in [1.54, 1.807) is 32.7 Å². The second-order valence-corrected chi connectivity index (χ2v) is 7.31. The number of imidazole rings is 1. The normalized spacial score (nSPS) is 17.5.